The Balaban J connectivity index is 1.32. The van der Waals surface area contributed by atoms with Crippen molar-refractivity contribution >= 4 is 11.7 Å². The number of methoxy groups -OCH3 is 1. The monoisotopic (exact) mass is 421 g/mol. The van der Waals surface area contributed by atoms with E-state index in [0.29, 0.717) is 23.9 Å². The molecule has 0 aliphatic rings. The fourth-order valence-corrected chi connectivity index (χ4v) is 2.92. The standard InChI is InChI=1S/C23H20FN3O4/c1-29-18-5-7-19(8-6-18)30-15-20-9-10-21(31-20)23(28)25-22-11-12-27(26-22)14-16-3-2-4-17(24)13-16/h2-13H,14-15H2,1H3,(H,25,26,28). The zero-order valence-electron chi connectivity index (χ0n) is 16.7. The molecule has 1 amide bonds. The molecular formula is C23H20FN3O4. The largest absolute Gasteiger partial charge is 0.497 e. The lowest BCUT2D eigenvalue weighted by Gasteiger charge is -2.05. The first-order chi connectivity index (χ1) is 15.1. The molecule has 0 bridgehead atoms. The molecule has 8 heteroatoms. The van der Waals surface area contributed by atoms with Gasteiger partial charge in [-0.3, -0.25) is 9.48 Å². The van der Waals surface area contributed by atoms with Crippen molar-refractivity contribution in [3.8, 4) is 11.5 Å². The number of aromatic nitrogens is 2. The molecule has 1 N–H and O–H groups in total. The Morgan fingerprint density at radius 2 is 1.90 bits per heavy atom. The number of nitrogens with zero attached hydrogens (tertiary/aromatic N) is 2. The molecule has 4 rings (SSSR count). The van der Waals surface area contributed by atoms with Crippen molar-refractivity contribution in [3.63, 3.8) is 0 Å². The molecule has 0 unspecified atom stereocenters. The minimum atomic E-state index is -0.424. The summed E-state index contributed by atoms with van der Waals surface area (Å²) < 4.78 is 31.2. The lowest BCUT2D eigenvalue weighted by atomic mass is 10.2. The van der Waals surface area contributed by atoms with Gasteiger partial charge in [-0.25, -0.2) is 4.39 Å². The van der Waals surface area contributed by atoms with E-state index in [4.69, 9.17) is 13.9 Å². The Labute approximate surface area is 178 Å². The molecular weight excluding hydrogens is 401 g/mol. The van der Waals surface area contributed by atoms with Crippen LogP contribution in [0.1, 0.15) is 21.9 Å². The zero-order valence-corrected chi connectivity index (χ0v) is 16.7. The van der Waals surface area contributed by atoms with Crippen LogP contribution in [0.2, 0.25) is 0 Å². The van der Waals surface area contributed by atoms with Gasteiger partial charge in [0.25, 0.3) is 5.91 Å². The summed E-state index contributed by atoms with van der Waals surface area (Å²) in [5.74, 6) is 1.70. The smallest absolute Gasteiger partial charge is 0.292 e. The van der Waals surface area contributed by atoms with Crippen LogP contribution in [-0.4, -0.2) is 22.8 Å². The van der Waals surface area contributed by atoms with Crippen LogP contribution >= 0.6 is 0 Å². The number of nitrogens with one attached hydrogen (secondary N) is 1. The molecule has 0 saturated carbocycles. The predicted octanol–water partition coefficient (Wildman–Crippen LogP) is 4.50. The summed E-state index contributed by atoms with van der Waals surface area (Å²) in [6, 6.07) is 18.4. The molecule has 0 spiro atoms. The van der Waals surface area contributed by atoms with Crippen LogP contribution in [0.4, 0.5) is 10.2 Å². The fourth-order valence-electron chi connectivity index (χ4n) is 2.92. The van der Waals surface area contributed by atoms with E-state index in [1.807, 2.05) is 0 Å². The number of hydrogen-bond acceptors (Lipinski definition) is 5. The van der Waals surface area contributed by atoms with Crippen LogP contribution in [0.3, 0.4) is 0 Å². The maximum absolute atomic E-state index is 13.3. The third kappa shape index (κ3) is 5.30. The van der Waals surface area contributed by atoms with E-state index in [-0.39, 0.29) is 18.2 Å². The molecule has 4 aromatic rings. The maximum Gasteiger partial charge on any atom is 0.292 e. The van der Waals surface area contributed by atoms with Crippen LogP contribution in [0.5, 0.6) is 11.5 Å². The van der Waals surface area contributed by atoms with Crippen LogP contribution in [0.15, 0.2) is 77.3 Å². The summed E-state index contributed by atoms with van der Waals surface area (Å²) in [5, 5.41) is 6.97. The Hall–Kier alpha value is -4.07. The van der Waals surface area contributed by atoms with Gasteiger partial charge in [-0.2, -0.15) is 5.10 Å². The molecule has 158 valence electrons. The number of halogens is 1. The van der Waals surface area contributed by atoms with Gasteiger partial charge in [0.05, 0.1) is 13.7 Å². The fraction of sp³-hybridized carbons (Fsp3) is 0.130. The summed E-state index contributed by atoms with van der Waals surface area (Å²) >= 11 is 0. The number of carbonyl (C=O) groups excluding carboxylic acids is 1. The van der Waals surface area contributed by atoms with Gasteiger partial charge in [-0.15, -0.1) is 0 Å². The molecule has 0 saturated heterocycles. The maximum atomic E-state index is 13.3. The highest BCUT2D eigenvalue weighted by atomic mass is 19.1. The van der Waals surface area contributed by atoms with E-state index >= 15 is 0 Å². The first-order valence-corrected chi connectivity index (χ1v) is 9.54. The molecule has 0 fully saturated rings. The van der Waals surface area contributed by atoms with Crippen molar-refractivity contribution < 1.29 is 23.1 Å². The van der Waals surface area contributed by atoms with Crippen LogP contribution in [0, 0.1) is 5.82 Å². The van der Waals surface area contributed by atoms with Crippen molar-refractivity contribution in [2.45, 2.75) is 13.2 Å². The Morgan fingerprint density at radius 3 is 2.68 bits per heavy atom. The quantitative estimate of drug-likeness (QED) is 0.453. The number of carbonyl (C=O) groups is 1. The molecule has 0 aliphatic carbocycles. The first-order valence-electron chi connectivity index (χ1n) is 9.54. The zero-order chi connectivity index (χ0) is 21.6. The van der Waals surface area contributed by atoms with Gasteiger partial charge >= 0.3 is 0 Å². The normalized spacial score (nSPS) is 10.6. The lowest BCUT2D eigenvalue weighted by Crippen LogP contribution is -2.12. The number of benzene rings is 2. The van der Waals surface area contributed by atoms with Gasteiger partial charge in [0, 0.05) is 12.3 Å². The average molecular weight is 421 g/mol. The highest BCUT2D eigenvalue weighted by molar-refractivity contribution is 6.01. The summed E-state index contributed by atoms with van der Waals surface area (Å²) in [4.78, 5) is 12.4. The van der Waals surface area contributed by atoms with E-state index in [9.17, 15) is 9.18 Å². The molecule has 31 heavy (non-hydrogen) atoms. The highest BCUT2D eigenvalue weighted by Crippen LogP contribution is 2.19. The number of ether oxygens (including phenoxy) is 2. The first kappa shape index (κ1) is 20.2. The van der Waals surface area contributed by atoms with Crippen molar-refractivity contribution in [2.24, 2.45) is 0 Å². The summed E-state index contributed by atoms with van der Waals surface area (Å²) in [6.45, 7) is 0.573. The molecule has 2 aromatic heterocycles. The number of furan rings is 1. The predicted molar refractivity (Wildman–Crippen MR) is 112 cm³/mol. The molecule has 7 nitrogen and oxygen atoms in total. The van der Waals surface area contributed by atoms with E-state index in [2.05, 4.69) is 10.4 Å². The van der Waals surface area contributed by atoms with Gasteiger partial charge < -0.3 is 19.2 Å². The van der Waals surface area contributed by atoms with E-state index in [0.717, 1.165) is 11.3 Å². The lowest BCUT2D eigenvalue weighted by molar-refractivity contribution is 0.0992. The van der Waals surface area contributed by atoms with Gasteiger partial charge in [0.15, 0.2) is 11.6 Å². The van der Waals surface area contributed by atoms with Crippen LogP contribution in [-0.2, 0) is 13.2 Å². The minimum absolute atomic E-state index is 0.146. The number of rotatable bonds is 8. The summed E-state index contributed by atoms with van der Waals surface area (Å²) in [6.07, 6.45) is 1.71. The number of hydrogen-bond donors (Lipinski definition) is 1. The van der Waals surface area contributed by atoms with E-state index in [1.54, 1.807) is 72.6 Å². The average Bonchev–Trinajstić information content (AvgIpc) is 3.42. The van der Waals surface area contributed by atoms with Crippen molar-refractivity contribution in [2.75, 3.05) is 12.4 Å². The highest BCUT2D eigenvalue weighted by Gasteiger charge is 2.13. The van der Waals surface area contributed by atoms with Crippen molar-refractivity contribution in [1.29, 1.82) is 0 Å². The van der Waals surface area contributed by atoms with Crippen LogP contribution in [0.25, 0.3) is 0 Å². The van der Waals surface area contributed by atoms with E-state index < -0.39 is 5.91 Å². The molecule has 2 aromatic carbocycles. The minimum Gasteiger partial charge on any atom is -0.497 e. The van der Waals surface area contributed by atoms with Crippen LogP contribution < -0.4 is 14.8 Å². The molecule has 0 aliphatic heterocycles. The Morgan fingerprint density at radius 1 is 1.10 bits per heavy atom. The molecule has 2 heterocycles. The Kier molecular flexibility index (Phi) is 5.98. The second kappa shape index (κ2) is 9.17. The third-order valence-electron chi connectivity index (χ3n) is 4.44. The molecule has 0 radical (unpaired) electrons. The summed E-state index contributed by atoms with van der Waals surface area (Å²) in [5.41, 5.74) is 0.772. The second-order valence-corrected chi connectivity index (χ2v) is 6.71. The Bertz CT molecular complexity index is 1170. The summed E-state index contributed by atoms with van der Waals surface area (Å²) in [7, 11) is 1.60. The van der Waals surface area contributed by atoms with E-state index in [1.165, 1.54) is 12.1 Å². The van der Waals surface area contributed by atoms with Gasteiger partial charge in [0.2, 0.25) is 0 Å². The number of amides is 1. The van der Waals surface area contributed by atoms with Crippen molar-refractivity contribution in [3.05, 3.63) is 95.8 Å². The second-order valence-electron chi connectivity index (χ2n) is 6.71. The third-order valence-corrected chi connectivity index (χ3v) is 4.44. The van der Waals surface area contributed by atoms with Gasteiger partial charge in [-0.05, 0) is 54.1 Å². The van der Waals surface area contributed by atoms with Crippen molar-refractivity contribution in [1.82, 2.24) is 9.78 Å². The van der Waals surface area contributed by atoms with Gasteiger partial charge in [-0.1, -0.05) is 12.1 Å². The SMILES string of the molecule is COc1ccc(OCc2ccc(C(=O)Nc3ccn(Cc4cccc(F)c4)n3)o2)cc1. The van der Waals surface area contributed by atoms with Gasteiger partial charge in [0.1, 0.15) is 29.7 Å². The molecule has 0 atom stereocenters. The number of anilines is 1. The topological polar surface area (TPSA) is 78.5 Å².